The van der Waals surface area contributed by atoms with E-state index in [2.05, 4.69) is 56.4 Å². The summed E-state index contributed by atoms with van der Waals surface area (Å²) in [6.45, 7) is 10.5. The van der Waals surface area contributed by atoms with E-state index in [1.165, 1.54) is 39.1 Å². The van der Waals surface area contributed by atoms with Gasteiger partial charge in [-0.05, 0) is 159 Å². The number of aliphatic hydroxyl groups excluding tert-OH is 8. The Morgan fingerprint density at radius 3 is 1.92 bits per heavy atom. The zero-order chi connectivity index (χ0) is 88.3. The third kappa shape index (κ3) is 18.6. The Kier molecular flexibility index (Phi) is 27.0. The second kappa shape index (κ2) is 36.4. The molecule has 0 spiro atoms. The van der Waals surface area contributed by atoms with E-state index < -0.39 is 273 Å². The minimum absolute atomic E-state index is 0.0399. The number of carbonyl (C=O) groups excluding carboxylic acids is 7. The number of hydrogen-bond acceptors (Lipinski definition) is 30. The van der Waals surface area contributed by atoms with Crippen molar-refractivity contribution in [2.24, 2.45) is 40.6 Å². The summed E-state index contributed by atoms with van der Waals surface area (Å²) in [6.07, 6.45) is -25.4. The van der Waals surface area contributed by atoms with Gasteiger partial charge in [-0.3, -0.25) is 33.6 Å². The Bertz CT molecular complexity index is 4810. The lowest BCUT2D eigenvalue weighted by atomic mass is 9.45. The number of carboxylic acids is 1. The summed E-state index contributed by atoms with van der Waals surface area (Å²) in [5.41, 5.74) is 8.23. The fraction of sp³-hybridized carbons (Fsp3) is 0.537. The lowest BCUT2D eigenvalue weighted by Crippen LogP contribution is -2.65. The molecular weight excluding hydrogens is 1640 g/mol. The lowest BCUT2D eigenvalue weighted by molar-refractivity contribution is -0.350. The van der Waals surface area contributed by atoms with Crippen LogP contribution < -0.4 is 68.2 Å². The van der Waals surface area contributed by atoms with Crippen molar-refractivity contribution >= 4 is 70.5 Å². The maximum atomic E-state index is 16.4. The fourth-order valence-electron chi connectivity index (χ4n) is 17.6. The summed E-state index contributed by atoms with van der Waals surface area (Å²) in [7, 11) is 1.47. The second-order valence-electron chi connectivity index (χ2n) is 33.7. The van der Waals surface area contributed by atoms with E-state index in [4.69, 9.17) is 72.6 Å². The maximum absolute atomic E-state index is 16.4. The third-order valence-electron chi connectivity index (χ3n) is 24.4. The summed E-state index contributed by atoms with van der Waals surface area (Å²) in [5, 5.41) is 160. The van der Waals surface area contributed by atoms with E-state index in [-0.39, 0.29) is 53.2 Å². The number of fused-ring (bicyclic) bond motifs is 17. The van der Waals surface area contributed by atoms with Gasteiger partial charge in [0.15, 0.2) is 30.1 Å². The predicted molar refractivity (Wildman–Crippen MR) is 426 cm³/mol. The zero-order valence-corrected chi connectivity index (χ0v) is 68.7. The quantitative estimate of drug-likeness (QED) is 0.0538. The molecule has 5 aromatic rings. The first-order valence-electron chi connectivity index (χ1n) is 40.0. The van der Waals surface area contributed by atoms with Gasteiger partial charge in [-0.25, -0.2) is 4.79 Å². The van der Waals surface area contributed by atoms with Crippen LogP contribution in [0.3, 0.4) is 0 Å². The number of likely N-dealkylation sites (N-methyl/N-ethyl adjacent to an activating group) is 1. The Morgan fingerprint density at radius 1 is 0.664 bits per heavy atom. The molecule has 16 rings (SSSR count). The van der Waals surface area contributed by atoms with E-state index in [0.717, 1.165) is 79.9 Å². The first-order chi connectivity index (χ1) is 57.6. The number of hydrogen-bond donors (Lipinski definition) is 22. The number of aliphatic hydroxyl groups is 8. The average molecular weight is 1750 g/mol. The maximum Gasteiger partial charge on any atom is 0.330 e. The van der Waals surface area contributed by atoms with Crippen molar-refractivity contribution < 1.29 is 138 Å². The average Bonchev–Trinajstić information content (AvgIpc) is 0.735. The van der Waals surface area contributed by atoms with Gasteiger partial charge in [0.1, 0.15) is 120 Å². The van der Waals surface area contributed by atoms with Crippen molar-refractivity contribution in [1.82, 2.24) is 42.5 Å². The van der Waals surface area contributed by atoms with Crippen LogP contribution in [0.5, 0.6) is 46.0 Å². The molecule has 3 saturated heterocycles. The summed E-state index contributed by atoms with van der Waals surface area (Å²) < 4.78 is 51.4. The molecule has 5 aromatic carbocycles. The van der Waals surface area contributed by atoms with E-state index in [0.29, 0.717) is 24.3 Å². The van der Waals surface area contributed by atoms with Gasteiger partial charge in [-0.2, -0.15) is 0 Å². The number of aromatic hydroxyl groups is 3. The molecule has 11 aliphatic rings. The number of primary amides is 1. The van der Waals surface area contributed by atoms with E-state index in [1.54, 1.807) is 0 Å². The summed E-state index contributed by atoms with van der Waals surface area (Å²) in [4.78, 5) is 120. The lowest BCUT2D eigenvalue weighted by Gasteiger charge is -2.60. The molecule has 26 atom stereocenters. The van der Waals surface area contributed by atoms with Gasteiger partial charge in [-0.1, -0.05) is 69.1 Å². The molecule has 3 saturated carbocycles. The van der Waals surface area contributed by atoms with E-state index in [1.807, 2.05) is 13.8 Å². The van der Waals surface area contributed by atoms with Crippen LogP contribution in [0.4, 0.5) is 0 Å². The van der Waals surface area contributed by atoms with Crippen molar-refractivity contribution in [2.45, 2.75) is 220 Å². The molecule has 0 aromatic heterocycles. The Balaban J connectivity index is 0.980. The van der Waals surface area contributed by atoms with Gasteiger partial charge in [-0.15, -0.1) is 0 Å². The molecule has 7 amide bonds. The van der Waals surface area contributed by atoms with Crippen LogP contribution >= 0.6 is 23.2 Å². The van der Waals surface area contributed by atoms with Crippen LogP contribution in [0.25, 0.3) is 11.1 Å². The highest BCUT2D eigenvalue weighted by Gasteiger charge is 2.56. The SMILES string of the molecule is CN[C@H](CC(C)C)C(=O)NC1C(=O)NC(CC(N)=O)C(=O)N[C@H]2C(=O)NC3C(=O)N[C@H](C(=O)NC(C(=O)O)c4cc(O)cc(O)c4-c4cc3ccc4O)[C@H](O[C@H]3C[C@](C)(N)[C@@H](O)[C@H](C)O3)c3ccc(c(Cl)c3)Oc3cc2cc(c3O[C@@H]2O[C@H](CO)[C@@H](O[C@@H]3O[C@H](CNCC4CC[C@H]5C[C@@H]4C5(C)C)[C@H](O)[C@H](O)[C@H]3O)[C@H](O)[C@H]2O)Oc2ccc(cc2Cl)[C@H]1O. The Labute approximate surface area is 708 Å². The van der Waals surface area contributed by atoms with Gasteiger partial charge < -0.3 is 153 Å². The number of phenols is 3. The van der Waals surface area contributed by atoms with E-state index in [9.17, 15) is 75.7 Å². The minimum atomic E-state index is -2.41. The van der Waals surface area contributed by atoms with Gasteiger partial charge in [0.25, 0.3) is 0 Å². The highest BCUT2D eigenvalue weighted by atomic mass is 35.5. The van der Waals surface area contributed by atoms with Crippen molar-refractivity contribution in [2.75, 3.05) is 26.7 Å². The number of rotatable bonds is 19. The standard InChI is InChI=1S/C82H102Cl2N10O28/c1-30(2)16-44(87-7)72(107)93-60-62(100)33-10-14-48(42(83)18-33)116-50-20-36-21-51(69(50)121-80-67(105)65(103)70(53(29-95)119-80)122-79-66(104)64(102)63(101)52(118-79)28-88-27-35-8-12-37-22-41(35)81(37,4)5)117-49-15-11-34(19-43(49)84)68(120-55-26-82(6,86)71(106)31(3)115-55)61-77(112)92-59(78(113)114)40-23-38(96)24-47(98)56(40)39-17-32(9-13-46(39)97)57(74(109)94-61)91-75(110)58(36)90-73(108)45(25-54(85)99)89-76(60)111/h9-11,13-15,17-21,23-24,30-31,35,37,41,44-45,52-53,55,57-68,70-71,79-80,87-88,95-98,100-106H,8,12,16,22,25-29,86H2,1-7H3,(H2,85,99)(H,89,111)(H,90,108)(H,91,110)(H,92,112)(H,93,107)(H,94,109)(H,113,114)/t31-,35?,37-,41-,44+,45?,52+,53+,55-,57?,58+,59?,60?,61-,62+,63-,64-,65+,66+,67+,68+,70+,71-,79-,80-,82-/m0/s1. The number of nitrogens with two attached hydrogens (primary N) is 2. The van der Waals surface area contributed by atoms with Crippen molar-refractivity contribution in [3.63, 3.8) is 0 Å². The van der Waals surface area contributed by atoms with Crippen LogP contribution in [0.2, 0.25) is 10.0 Å². The first kappa shape index (κ1) is 90.3. The number of phenolic OH excluding ortho intramolecular Hbond substituents is 3. The molecule has 6 fully saturated rings. The number of aliphatic carboxylic acids is 1. The van der Waals surface area contributed by atoms with Gasteiger partial charge in [0.05, 0.1) is 41.3 Å². The van der Waals surface area contributed by atoms with Crippen LogP contribution in [0.1, 0.15) is 138 Å². The van der Waals surface area contributed by atoms with Gasteiger partial charge >= 0.3 is 5.97 Å². The van der Waals surface area contributed by atoms with Crippen LogP contribution in [0, 0.1) is 29.1 Å². The number of amides is 7. The van der Waals surface area contributed by atoms with Crippen molar-refractivity contribution in [1.29, 1.82) is 0 Å². The van der Waals surface area contributed by atoms with Crippen LogP contribution in [-0.4, -0.2) is 245 Å². The molecular formula is C82H102Cl2N10O28. The Hall–Kier alpha value is -9.40. The van der Waals surface area contributed by atoms with Gasteiger partial charge in [0, 0.05) is 41.3 Å². The monoisotopic (exact) mass is 1740 g/mol. The smallest absolute Gasteiger partial charge is 0.330 e. The number of halogens is 2. The third-order valence-corrected chi connectivity index (χ3v) is 25.0. The molecule has 40 heteroatoms. The largest absolute Gasteiger partial charge is 0.508 e. The first-order valence-corrected chi connectivity index (χ1v) is 40.7. The summed E-state index contributed by atoms with van der Waals surface area (Å²) in [5.74, 6) is -15.1. The molecule has 8 heterocycles. The number of carboxylic acid groups (broad SMARTS) is 1. The summed E-state index contributed by atoms with van der Waals surface area (Å²) in [6, 6.07) is -0.806. The molecule has 24 N–H and O–H groups in total. The highest BCUT2D eigenvalue weighted by Crippen LogP contribution is 2.61. The number of carbonyl (C=O) groups is 8. The van der Waals surface area contributed by atoms with Gasteiger partial charge in [0.2, 0.25) is 53.4 Å². The molecule has 13 bridgehead atoms. The zero-order valence-electron chi connectivity index (χ0n) is 67.2. The molecule has 662 valence electrons. The molecule has 122 heavy (non-hydrogen) atoms. The van der Waals surface area contributed by atoms with Crippen LogP contribution in [0.15, 0.2) is 78.9 Å². The highest BCUT2D eigenvalue weighted by molar-refractivity contribution is 6.32. The van der Waals surface area contributed by atoms with Crippen molar-refractivity contribution in [3.05, 3.63) is 117 Å². The topological polar surface area (TPSA) is 601 Å². The molecule has 8 aliphatic heterocycles. The number of benzene rings is 5. The second-order valence-corrected chi connectivity index (χ2v) is 34.5. The minimum Gasteiger partial charge on any atom is -0.508 e. The normalized spacial score (nSPS) is 33.5. The summed E-state index contributed by atoms with van der Waals surface area (Å²) >= 11 is 14.5. The molecule has 38 nitrogen and oxygen atoms in total. The predicted octanol–water partition coefficient (Wildman–Crippen LogP) is 0.600. The van der Waals surface area contributed by atoms with Crippen molar-refractivity contribution in [3.8, 4) is 57.1 Å². The molecule has 0 radical (unpaired) electrons. The van der Waals surface area contributed by atoms with Crippen LogP contribution in [-0.2, 0) is 62.0 Å². The number of ether oxygens (including phenoxy) is 8. The number of nitrogens with one attached hydrogen (secondary N) is 8. The van der Waals surface area contributed by atoms with E-state index >= 15 is 24.0 Å². The fourth-order valence-corrected chi connectivity index (χ4v) is 18.1. The molecule has 5 unspecified atom stereocenters. The Morgan fingerprint density at radius 2 is 1.30 bits per heavy atom. The molecule has 3 aliphatic carbocycles.